The van der Waals surface area contributed by atoms with Crippen molar-refractivity contribution in [1.29, 1.82) is 0 Å². The van der Waals surface area contributed by atoms with E-state index in [2.05, 4.69) is 53.9 Å². The molecule has 0 atom stereocenters. The number of nitrogens with zero attached hydrogens (tertiary/aromatic N) is 2. The number of nitrogens with one attached hydrogen (secondary N) is 1. The Morgan fingerprint density at radius 3 is 2.61 bits per heavy atom. The molecule has 1 amide bonds. The SMILES string of the molecule is C=CC(/C=C/c1ccc(N2CCC(O)CC2)cc1)=C\C[N+](=C)CC(=O)NCC. The Bertz CT molecular complexity index is 727. The minimum absolute atomic E-state index is 0.0232. The molecule has 2 N–H and O–H groups in total. The summed E-state index contributed by atoms with van der Waals surface area (Å²) in [4.78, 5) is 13.9. The van der Waals surface area contributed by atoms with Crippen molar-refractivity contribution in [3.8, 4) is 0 Å². The van der Waals surface area contributed by atoms with Crippen LogP contribution in [-0.4, -0.2) is 61.1 Å². The zero-order valence-electron chi connectivity index (χ0n) is 16.8. The number of hydrogen-bond donors (Lipinski definition) is 2. The topological polar surface area (TPSA) is 55.6 Å². The van der Waals surface area contributed by atoms with Crippen LogP contribution >= 0.6 is 0 Å². The van der Waals surface area contributed by atoms with Crippen molar-refractivity contribution in [3.05, 3.63) is 60.2 Å². The van der Waals surface area contributed by atoms with Gasteiger partial charge in [-0.25, -0.2) is 4.58 Å². The Hall–Kier alpha value is -2.66. The number of hydrogen-bond acceptors (Lipinski definition) is 3. The Kier molecular flexibility index (Phi) is 8.69. The number of rotatable bonds is 9. The highest BCUT2D eigenvalue weighted by Crippen LogP contribution is 2.21. The van der Waals surface area contributed by atoms with Crippen molar-refractivity contribution in [2.75, 3.05) is 37.6 Å². The fraction of sp³-hybridized carbons (Fsp3) is 0.391. The van der Waals surface area contributed by atoms with Gasteiger partial charge in [0, 0.05) is 25.3 Å². The maximum Gasteiger partial charge on any atom is 0.285 e. The number of anilines is 1. The molecule has 5 heteroatoms. The number of likely N-dealkylation sites (N-methyl/N-ethyl adjacent to an activating group) is 1. The molecule has 1 aliphatic heterocycles. The number of allylic oxidation sites excluding steroid dienone is 3. The molecule has 1 aromatic rings. The summed E-state index contributed by atoms with van der Waals surface area (Å²) >= 11 is 0. The number of amides is 1. The lowest BCUT2D eigenvalue weighted by atomic mass is 10.1. The van der Waals surface area contributed by atoms with E-state index in [0.717, 1.165) is 37.1 Å². The minimum Gasteiger partial charge on any atom is -0.393 e. The molecule has 150 valence electrons. The molecule has 1 aliphatic rings. The van der Waals surface area contributed by atoms with E-state index in [1.54, 1.807) is 10.7 Å². The third-order valence-electron chi connectivity index (χ3n) is 4.75. The minimum atomic E-state index is -0.155. The third kappa shape index (κ3) is 7.16. The summed E-state index contributed by atoms with van der Waals surface area (Å²) in [5.41, 5.74) is 3.29. The number of piperidine rings is 1. The van der Waals surface area contributed by atoms with Gasteiger partial charge in [0.15, 0.2) is 6.54 Å². The summed E-state index contributed by atoms with van der Waals surface area (Å²) in [5.74, 6) is -0.0232. The number of carbonyl (C=O) groups is 1. The molecule has 2 rings (SSSR count). The maximum absolute atomic E-state index is 11.6. The van der Waals surface area contributed by atoms with Gasteiger partial charge in [0.1, 0.15) is 6.72 Å². The molecule has 1 fully saturated rings. The third-order valence-corrected chi connectivity index (χ3v) is 4.75. The summed E-state index contributed by atoms with van der Waals surface area (Å²) < 4.78 is 1.71. The van der Waals surface area contributed by atoms with Crippen molar-refractivity contribution in [2.45, 2.75) is 25.9 Å². The zero-order chi connectivity index (χ0) is 20.4. The van der Waals surface area contributed by atoms with E-state index in [-0.39, 0.29) is 18.6 Å². The molecule has 0 radical (unpaired) electrons. The van der Waals surface area contributed by atoms with Crippen molar-refractivity contribution in [1.82, 2.24) is 5.32 Å². The van der Waals surface area contributed by atoms with Crippen LogP contribution in [0.2, 0.25) is 0 Å². The second-order valence-corrected chi connectivity index (χ2v) is 7.02. The van der Waals surface area contributed by atoms with Crippen LogP contribution < -0.4 is 10.2 Å². The predicted molar refractivity (Wildman–Crippen MR) is 117 cm³/mol. The molecule has 0 bridgehead atoms. The molecule has 0 aromatic heterocycles. The van der Waals surface area contributed by atoms with Crippen molar-refractivity contribution >= 4 is 24.4 Å². The molecule has 1 aromatic carbocycles. The standard InChI is InChI=1S/C23H31N3O2/c1-4-19(12-15-25(3)18-23(28)24-5-2)6-7-20-8-10-21(11-9-20)26-16-13-22(27)14-17-26/h4,6-12,22,27H,1,3,5,13-18H2,2H3/p+1/b7-6+,19-12+. The van der Waals surface area contributed by atoms with Gasteiger partial charge in [-0.3, -0.25) is 4.79 Å². The van der Waals surface area contributed by atoms with E-state index in [0.29, 0.717) is 13.1 Å². The van der Waals surface area contributed by atoms with E-state index in [9.17, 15) is 9.90 Å². The number of carbonyl (C=O) groups excluding carboxylic acids is 1. The van der Waals surface area contributed by atoms with Gasteiger partial charge in [-0.1, -0.05) is 36.9 Å². The zero-order valence-corrected chi connectivity index (χ0v) is 16.8. The lowest BCUT2D eigenvalue weighted by Gasteiger charge is -2.31. The molecule has 1 saturated heterocycles. The molecule has 0 aliphatic carbocycles. The molecule has 5 nitrogen and oxygen atoms in total. The fourth-order valence-electron chi connectivity index (χ4n) is 3.09. The van der Waals surface area contributed by atoms with Gasteiger partial charge < -0.3 is 15.3 Å². The highest BCUT2D eigenvalue weighted by molar-refractivity contribution is 5.77. The second kappa shape index (κ2) is 11.2. The average Bonchev–Trinajstić information content (AvgIpc) is 2.69. The summed E-state index contributed by atoms with van der Waals surface area (Å²) in [6, 6.07) is 8.44. The summed E-state index contributed by atoms with van der Waals surface area (Å²) in [6.45, 7) is 12.9. The van der Waals surface area contributed by atoms with E-state index in [1.165, 1.54) is 5.69 Å². The van der Waals surface area contributed by atoms with Crippen molar-refractivity contribution in [3.63, 3.8) is 0 Å². The van der Waals surface area contributed by atoms with E-state index < -0.39 is 0 Å². The monoisotopic (exact) mass is 382 g/mol. The van der Waals surface area contributed by atoms with E-state index in [1.807, 2.05) is 19.1 Å². The van der Waals surface area contributed by atoms with Crippen molar-refractivity contribution < 1.29 is 14.5 Å². The van der Waals surface area contributed by atoms with Crippen LogP contribution in [-0.2, 0) is 4.79 Å². The van der Waals surface area contributed by atoms with Gasteiger partial charge in [0.2, 0.25) is 6.54 Å². The molecular weight excluding hydrogens is 350 g/mol. The number of aliphatic hydroxyl groups is 1. The Morgan fingerprint density at radius 1 is 1.32 bits per heavy atom. The van der Waals surface area contributed by atoms with Crippen molar-refractivity contribution in [2.24, 2.45) is 0 Å². The van der Waals surface area contributed by atoms with Crippen LogP contribution in [0.4, 0.5) is 5.69 Å². The van der Waals surface area contributed by atoms with Gasteiger partial charge in [0.25, 0.3) is 5.91 Å². The molecule has 0 unspecified atom stereocenters. The lowest BCUT2D eigenvalue weighted by Crippen LogP contribution is -2.35. The Morgan fingerprint density at radius 2 is 2.00 bits per heavy atom. The highest BCUT2D eigenvalue weighted by atomic mass is 16.3. The molecule has 28 heavy (non-hydrogen) atoms. The molecular formula is C23H32N3O2+. The maximum atomic E-state index is 11.6. The number of aliphatic hydroxyl groups excluding tert-OH is 1. The van der Waals surface area contributed by atoms with Crippen LogP contribution in [0.1, 0.15) is 25.3 Å². The van der Waals surface area contributed by atoms with Gasteiger partial charge in [-0.2, -0.15) is 0 Å². The normalized spacial score (nSPS) is 15.6. The van der Waals surface area contributed by atoms with Crippen LogP contribution in [0.25, 0.3) is 6.08 Å². The second-order valence-electron chi connectivity index (χ2n) is 7.02. The first-order valence-corrected chi connectivity index (χ1v) is 9.87. The Balaban J connectivity index is 1.90. The first-order valence-electron chi connectivity index (χ1n) is 9.87. The molecule has 0 saturated carbocycles. The quantitative estimate of drug-likeness (QED) is 0.392. The average molecular weight is 383 g/mol. The van der Waals surface area contributed by atoms with E-state index >= 15 is 0 Å². The summed E-state index contributed by atoms with van der Waals surface area (Å²) in [5, 5.41) is 12.4. The van der Waals surface area contributed by atoms with Gasteiger partial charge >= 0.3 is 0 Å². The number of benzene rings is 1. The van der Waals surface area contributed by atoms with Crippen LogP contribution in [0.15, 0.2) is 54.6 Å². The van der Waals surface area contributed by atoms with Crippen LogP contribution in [0.3, 0.4) is 0 Å². The first kappa shape index (κ1) is 21.6. The van der Waals surface area contributed by atoms with Gasteiger partial charge in [-0.15, -0.1) is 0 Å². The predicted octanol–water partition coefficient (Wildman–Crippen LogP) is 2.62. The van der Waals surface area contributed by atoms with Gasteiger partial charge in [0.05, 0.1) is 6.10 Å². The first-order chi connectivity index (χ1) is 13.5. The highest BCUT2D eigenvalue weighted by Gasteiger charge is 2.16. The van der Waals surface area contributed by atoms with Crippen LogP contribution in [0.5, 0.6) is 0 Å². The van der Waals surface area contributed by atoms with E-state index in [4.69, 9.17) is 0 Å². The molecule has 0 spiro atoms. The smallest absolute Gasteiger partial charge is 0.285 e. The lowest BCUT2D eigenvalue weighted by molar-refractivity contribution is -0.497. The largest absolute Gasteiger partial charge is 0.393 e. The van der Waals surface area contributed by atoms with Crippen LogP contribution in [0, 0.1) is 0 Å². The van der Waals surface area contributed by atoms with Gasteiger partial charge in [-0.05, 0) is 49.1 Å². The molecule has 1 heterocycles. The summed E-state index contributed by atoms with van der Waals surface area (Å²) in [6.07, 6.45) is 9.37. The fourth-order valence-corrected chi connectivity index (χ4v) is 3.09. The Labute approximate surface area is 168 Å². The summed E-state index contributed by atoms with van der Waals surface area (Å²) in [7, 11) is 0.